The molecule has 1 aliphatic rings. The molecule has 0 spiro atoms. The Kier molecular flexibility index (Phi) is 5.42. The predicted molar refractivity (Wildman–Crippen MR) is 98.5 cm³/mol. The molecule has 0 aromatic heterocycles. The largest absolute Gasteiger partial charge is 0.466 e. The molecule has 1 aliphatic heterocycles. The summed E-state index contributed by atoms with van der Waals surface area (Å²) in [5.74, 6) is -0.802. The molecular weight excluding hydrogens is 350 g/mol. The molecule has 0 saturated heterocycles. The minimum atomic E-state index is -3.73. The molecular formula is C20H21NO4S. The van der Waals surface area contributed by atoms with Crippen LogP contribution in [-0.2, 0) is 19.6 Å². The van der Waals surface area contributed by atoms with Crippen LogP contribution >= 0.6 is 0 Å². The first kappa shape index (κ1) is 18.2. The molecule has 0 fully saturated rings. The Morgan fingerprint density at radius 3 is 2.31 bits per heavy atom. The van der Waals surface area contributed by atoms with Crippen molar-refractivity contribution in [1.82, 2.24) is 4.31 Å². The molecule has 2 atom stereocenters. The third-order valence-corrected chi connectivity index (χ3v) is 6.14. The van der Waals surface area contributed by atoms with Gasteiger partial charge < -0.3 is 4.74 Å². The first-order valence-corrected chi connectivity index (χ1v) is 9.96. The van der Waals surface area contributed by atoms with Gasteiger partial charge in [-0.3, -0.25) is 9.10 Å². The molecule has 0 aliphatic carbocycles. The number of benzene rings is 2. The quantitative estimate of drug-likeness (QED) is 0.755. The Morgan fingerprint density at radius 1 is 1.08 bits per heavy atom. The van der Waals surface area contributed by atoms with E-state index in [1.807, 2.05) is 30.3 Å². The Balaban J connectivity index is 2.01. The van der Waals surface area contributed by atoms with Gasteiger partial charge in [0.2, 0.25) is 0 Å². The zero-order chi connectivity index (χ0) is 18.6. The van der Waals surface area contributed by atoms with E-state index in [0.717, 1.165) is 5.56 Å². The van der Waals surface area contributed by atoms with Gasteiger partial charge in [0.1, 0.15) is 0 Å². The molecule has 26 heavy (non-hydrogen) atoms. The van der Waals surface area contributed by atoms with Gasteiger partial charge in [0.15, 0.2) is 0 Å². The average molecular weight is 371 g/mol. The zero-order valence-corrected chi connectivity index (χ0v) is 15.3. The van der Waals surface area contributed by atoms with E-state index in [1.165, 1.54) is 10.5 Å². The number of esters is 1. The van der Waals surface area contributed by atoms with Crippen LogP contribution in [0.2, 0.25) is 0 Å². The number of ether oxygens (including phenoxy) is 1. The lowest BCUT2D eigenvalue weighted by Gasteiger charge is -2.35. The molecule has 0 radical (unpaired) electrons. The summed E-state index contributed by atoms with van der Waals surface area (Å²) < 4.78 is 32.7. The number of hydrogen-bond acceptors (Lipinski definition) is 4. The van der Waals surface area contributed by atoms with Gasteiger partial charge in [-0.05, 0) is 31.0 Å². The summed E-state index contributed by atoms with van der Waals surface area (Å²) in [7, 11) is -3.73. The monoisotopic (exact) mass is 371 g/mol. The van der Waals surface area contributed by atoms with E-state index in [4.69, 9.17) is 4.74 Å². The second-order valence-electron chi connectivity index (χ2n) is 6.01. The topological polar surface area (TPSA) is 63.7 Å². The SMILES string of the molecule is CCOC(=O)[C@H]1C=CN(S(=O)(=O)c2ccccc2)[C@H](c2ccccc2)C1. The normalized spacial score (nSPS) is 20.0. The zero-order valence-electron chi connectivity index (χ0n) is 14.5. The van der Waals surface area contributed by atoms with Gasteiger partial charge in [-0.25, -0.2) is 8.42 Å². The Hall–Kier alpha value is -2.60. The van der Waals surface area contributed by atoms with Crippen molar-refractivity contribution in [2.75, 3.05) is 6.61 Å². The van der Waals surface area contributed by atoms with Crippen LogP contribution in [0.5, 0.6) is 0 Å². The van der Waals surface area contributed by atoms with Crippen molar-refractivity contribution >= 4 is 16.0 Å². The Labute approximate surface area is 154 Å². The maximum Gasteiger partial charge on any atom is 0.312 e. The lowest BCUT2D eigenvalue weighted by Crippen LogP contribution is -2.36. The number of hydrogen-bond donors (Lipinski definition) is 0. The summed E-state index contributed by atoms with van der Waals surface area (Å²) in [5, 5.41) is 0. The molecule has 6 heteroatoms. The lowest BCUT2D eigenvalue weighted by atomic mass is 9.92. The molecule has 136 valence electrons. The van der Waals surface area contributed by atoms with Crippen LogP contribution in [0.25, 0.3) is 0 Å². The van der Waals surface area contributed by atoms with Gasteiger partial charge in [-0.1, -0.05) is 54.6 Å². The van der Waals surface area contributed by atoms with Gasteiger partial charge in [-0.2, -0.15) is 0 Å². The van der Waals surface area contributed by atoms with Crippen molar-refractivity contribution in [2.24, 2.45) is 5.92 Å². The van der Waals surface area contributed by atoms with E-state index >= 15 is 0 Å². The van der Waals surface area contributed by atoms with Crippen LogP contribution in [0, 0.1) is 5.92 Å². The van der Waals surface area contributed by atoms with Gasteiger partial charge >= 0.3 is 5.97 Å². The van der Waals surface area contributed by atoms with Crippen LogP contribution in [-0.4, -0.2) is 25.3 Å². The fourth-order valence-corrected chi connectivity index (χ4v) is 4.58. The van der Waals surface area contributed by atoms with Crippen molar-refractivity contribution in [1.29, 1.82) is 0 Å². The summed E-state index contributed by atoms with van der Waals surface area (Å²) >= 11 is 0. The summed E-state index contributed by atoms with van der Waals surface area (Å²) in [4.78, 5) is 12.4. The molecule has 3 rings (SSSR count). The minimum Gasteiger partial charge on any atom is -0.466 e. The van der Waals surface area contributed by atoms with E-state index in [-0.39, 0.29) is 10.9 Å². The number of carbonyl (C=O) groups is 1. The molecule has 0 amide bonds. The van der Waals surface area contributed by atoms with Crippen molar-refractivity contribution < 1.29 is 17.9 Å². The van der Waals surface area contributed by atoms with Gasteiger partial charge in [0, 0.05) is 6.20 Å². The van der Waals surface area contributed by atoms with Crippen LogP contribution in [0.4, 0.5) is 0 Å². The first-order valence-electron chi connectivity index (χ1n) is 8.52. The Morgan fingerprint density at radius 2 is 1.69 bits per heavy atom. The molecule has 1 heterocycles. The van der Waals surface area contributed by atoms with Crippen molar-refractivity contribution in [2.45, 2.75) is 24.3 Å². The summed E-state index contributed by atoms with van der Waals surface area (Å²) in [6.45, 7) is 2.05. The summed E-state index contributed by atoms with van der Waals surface area (Å²) in [5.41, 5.74) is 0.839. The summed E-state index contributed by atoms with van der Waals surface area (Å²) in [6.07, 6.45) is 3.44. The number of carbonyl (C=O) groups excluding carboxylic acids is 1. The standard InChI is InChI=1S/C20H21NO4S/c1-2-25-20(22)17-13-14-21(19(15-17)16-9-5-3-6-10-16)26(23,24)18-11-7-4-8-12-18/h3-14,17,19H,2,15H2,1H3/t17-,19-/m0/s1. The van der Waals surface area contributed by atoms with Crippen LogP contribution < -0.4 is 0 Å². The molecule has 0 saturated carbocycles. The highest BCUT2D eigenvalue weighted by atomic mass is 32.2. The molecule has 2 aromatic carbocycles. The van der Waals surface area contributed by atoms with Crippen LogP contribution in [0.1, 0.15) is 24.9 Å². The average Bonchev–Trinajstić information content (AvgIpc) is 2.69. The van der Waals surface area contributed by atoms with Gasteiger partial charge in [0.05, 0.1) is 23.5 Å². The van der Waals surface area contributed by atoms with E-state index in [0.29, 0.717) is 13.0 Å². The second-order valence-corrected chi connectivity index (χ2v) is 7.85. The van der Waals surface area contributed by atoms with E-state index in [2.05, 4.69) is 0 Å². The fraction of sp³-hybridized carbons (Fsp3) is 0.250. The van der Waals surface area contributed by atoms with Gasteiger partial charge in [-0.15, -0.1) is 0 Å². The molecule has 5 nitrogen and oxygen atoms in total. The maximum atomic E-state index is 13.1. The first-order chi connectivity index (χ1) is 12.5. The predicted octanol–water partition coefficient (Wildman–Crippen LogP) is 3.52. The molecule has 0 N–H and O–H groups in total. The Bertz CT molecular complexity index is 879. The second kappa shape index (κ2) is 7.74. The smallest absolute Gasteiger partial charge is 0.312 e. The molecule has 2 aromatic rings. The van der Waals surface area contributed by atoms with E-state index in [9.17, 15) is 13.2 Å². The highest BCUT2D eigenvalue weighted by molar-refractivity contribution is 7.89. The van der Waals surface area contributed by atoms with Crippen molar-refractivity contribution in [3.63, 3.8) is 0 Å². The van der Waals surface area contributed by atoms with Crippen LogP contribution in [0.15, 0.2) is 77.8 Å². The lowest BCUT2D eigenvalue weighted by molar-refractivity contribution is -0.147. The third-order valence-electron chi connectivity index (χ3n) is 4.34. The minimum absolute atomic E-state index is 0.222. The van der Waals surface area contributed by atoms with E-state index in [1.54, 1.807) is 43.3 Å². The third kappa shape index (κ3) is 3.65. The summed E-state index contributed by atoms with van der Waals surface area (Å²) in [6, 6.07) is 17.2. The molecule has 0 bridgehead atoms. The fourth-order valence-electron chi connectivity index (χ4n) is 3.06. The number of nitrogens with zero attached hydrogens (tertiary/aromatic N) is 1. The van der Waals surface area contributed by atoms with Gasteiger partial charge in [0.25, 0.3) is 10.0 Å². The highest BCUT2D eigenvalue weighted by Crippen LogP contribution is 2.37. The molecule has 0 unspecified atom stereocenters. The highest BCUT2D eigenvalue weighted by Gasteiger charge is 2.36. The maximum absolute atomic E-state index is 13.1. The van der Waals surface area contributed by atoms with Crippen molar-refractivity contribution in [3.05, 3.63) is 78.5 Å². The van der Waals surface area contributed by atoms with Crippen molar-refractivity contribution in [3.8, 4) is 0 Å². The number of rotatable bonds is 5. The van der Waals surface area contributed by atoms with E-state index < -0.39 is 22.0 Å². The van der Waals surface area contributed by atoms with Crippen LogP contribution in [0.3, 0.4) is 0 Å². The number of sulfonamides is 1.